The summed E-state index contributed by atoms with van der Waals surface area (Å²) < 4.78 is 5.45. The molecule has 1 saturated carbocycles. The number of anilines is 1. The highest BCUT2D eigenvalue weighted by molar-refractivity contribution is 5.92. The van der Waals surface area contributed by atoms with Crippen molar-refractivity contribution in [2.45, 2.75) is 44.6 Å². The molecule has 26 heavy (non-hydrogen) atoms. The van der Waals surface area contributed by atoms with Crippen molar-refractivity contribution in [1.82, 2.24) is 20.0 Å². The largest absolute Gasteiger partial charge is 0.360 e. The Hall–Kier alpha value is -2.44. The Kier molecular flexibility index (Phi) is 3.36. The molecule has 2 aromatic heterocycles. The second kappa shape index (κ2) is 5.53. The molecule has 0 spiro atoms. The van der Waals surface area contributed by atoms with Gasteiger partial charge in [0.05, 0.1) is 0 Å². The average molecular weight is 353 g/mol. The summed E-state index contributed by atoms with van der Waals surface area (Å²) >= 11 is 0. The van der Waals surface area contributed by atoms with E-state index in [0.29, 0.717) is 18.2 Å². The molecule has 2 bridgehead atoms. The molecule has 0 radical (unpaired) electrons. The molecule has 1 aliphatic carbocycles. The fourth-order valence-corrected chi connectivity index (χ4v) is 4.20. The van der Waals surface area contributed by atoms with Crippen LogP contribution >= 0.6 is 0 Å². The van der Waals surface area contributed by atoms with Crippen LogP contribution in [-0.2, 0) is 5.41 Å². The molecule has 0 aromatic carbocycles. The van der Waals surface area contributed by atoms with Crippen LogP contribution in [0.25, 0.3) is 0 Å². The van der Waals surface area contributed by atoms with Gasteiger partial charge in [-0.25, -0.2) is 9.97 Å². The molecule has 136 valence electrons. The first-order chi connectivity index (χ1) is 12.5. The van der Waals surface area contributed by atoms with Crippen molar-refractivity contribution in [1.29, 1.82) is 0 Å². The Morgan fingerprint density at radius 1 is 1.31 bits per heavy atom. The summed E-state index contributed by atoms with van der Waals surface area (Å²) in [6.07, 6.45) is 5.10. The molecular formula is C19H23N5O2. The Labute approximate surface area is 152 Å². The smallest absolute Gasteiger partial charge is 0.276 e. The molecule has 7 nitrogen and oxygen atoms in total. The molecule has 5 rings (SSSR count). The number of aromatic nitrogens is 3. The molecule has 2 unspecified atom stereocenters. The molecule has 7 heteroatoms. The second-order valence-corrected chi connectivity index (χ2v) is 8.25. The van der Waals surface area contributed by atoms with Gasteiger partial charge in [-0.3, -0.25) is 4.79 Å². The molecule has 0 N–H and O–H groups in total. The molecule has 2 atom stereocenters. The molecule has 2 aromatic rings. The van der Waals surface area contributed by atoms with Crippen LogP contribution < -0.4 is 4.90 Å². The highest BCUT2D eigenvalue weighted by Gasteiger charge is 2.45. The maximum Gasteiger partial charge on any atom is 0.276 e. The van der Waals surface area contributed by atoms with E-state index in [0.717, 1.165) is 49.8 Å². The van der Waals surface area contributed by atoms with Crippen molar-refractivity contribution in [3.63, 3.8) is 0 Å². The molecule has 2 aliphatic heterocycles. The number of fused-ring (bicyclic) bond motifs is 2. The highest BCUT2D eigenvalue weighted by atomic mass is 16.5. The number of hydrogen-bond acceptors (Lipinski definition) is 6. The minimum absolute atomic E-state index is 0.0223. The lowest BCUT2D eigenvalue weighted by atomic mass is 9.99. The van der Waals surface area contributed by atoms with Gasteiger partial charge in [0.2, 0.25) is 5.95 Å². The van der Waals surface area contributed by atoms with Crippen LogP contribution in [0.5, 0.6) is 0 Å². The summed E-state index contributed by atoms with van der Waals surface area (Å²) in [5.74, 6) is 2.05. The molecule has 3 aliphatic rings. The van der Waals surface area contributed by atoms with Gasteiger partial charge in [-0.1, -0.05) is 12.1 Å². The zero-order valence-corrected chi connectivity index (χ0v) is 15.2. The predicted molar refractivity (Wildman–Crippen MR) is 95.0 cm³/mol. The average Bonchev–Trinajstić information content (AvgIpc) is 3.07. The van der Waals surface area contributed by atoms with Crippen LogP contribution in [0.15, 0.2) is 22.9 Å². The third kappa shape index (κ3) is 2.57. The Morgan fingerprint density at radius 3 is 2.92 bits per heavy atom. The standard InChI is InChI=1S/C19H23N5O2/c1-12-3-6-20-18(21-12)24-10-13-7-14(24)11-23(9-13)17(25)15-8-16(26-22-15)19(2)4-5-19/h3,6,8,13-14H,4-5,7,9-11H2,1-2H3. The maximum absolute atomic E-state index is 12.9. The van der Waals surface area contributed by atoms with E-state index in [4.69, 9.17) is 4.52 Å². The number of nitrogens with zero attached hydrogens (tertiary/aromatic N) is 5. The van der Waals surface area contributed by atoms with Gasteiger partial charge in [0, 0.05) is 49.0 Å². The number of carbonyl (C=O) groups is 1. The summed E-state index contributed by atoms with van der Waals surface area (Å²) in [7, 11) is 0. The number of likely N-dealkylation sites (tertiary alicyclic amines) is 1. The summed E-state index contributed by atoms with van der Waals surface area (Å²) in [5, 5.41) is 4.05. The molecule has 3 fully saturated rings. The van der Waals surface area contributed by atoms with Gasteiger partial charge in [0.25, 0.3) is 5.91 Å². The Balaban J connectivity index is 1.33. The zero-order chi connectivity index (χ0) is 17.9. The SMILES string of the molecule is Cc1ccnc(N2CC3CC2CN(C(=O)c2cc(C4(C)CC4)on2)C3)n1. The fraction of sp³-hybridized carbons (Fsp3) is 0.579. The van der Waals surface area contributed by atoms with E-state index in [2.05, 4.69) is 26.9 Å². The fourth-order valence-electron chi connectivity index (χ4n) is 4.20. The van der Waals surface area contributed by atoms with Gasteiger partial charge in [0.1, 0.15) is 5.76 Å². The second-order valence-electron chi connectivity index (χ2n) is 8.25. The van der Waals surface area contributed by atoms with Gasteiger partial charge in [-0.2, -0.15) is 0 Å². The van der Waals surface area contributed by atoms with E-state index < -0.39 is 0 Å². The van der Waals surface area contributed by atoms with Crippen LogP contribution in [-0.4, -0.2) is 51.6 Å². The predicted octanol–water partition coefficient (Wildman–Crippen LogP) is 2.18. The van der Waals surface area contributed by atoms with Crippen molar-refractivity contribution in [2.75, 3.05) is 24.5 Å². The van der Waals surface area contributed by atoms with Crippen LogP contribution in [0.4, 0.5) is 5.95 Å². The van der Waals surface area contributed by atoms with Gasteiger partial charge in [-0.15, -0.1) is 0 Å². The molecule has 1 amide bonds. The quantitative estimate of drug-likeness (QED) is 0.842. The van der Waals surface area contributed by atoms with Gasteiger partial charge < -0.3 is 14.3 Å². The van der Waals surface area contributed by atoms with Gasteiger partial charge in [-0.05, 0) is 38.2 Å². The Morgan fingerprint density at radius 2 is 2.15 bits per heavy atom. The first-order valence-electron chi connectivity index (χ1n) is 9.35. The van der Waals surface area contributed by atoms with Crippen LogP contribution in [0.3, 0.4) is 0 Å². The number of rotatable bonds is 3. The van der Waals surface area contributed by atoms with Gasteiger partial charge >= 0.3 is 0 Å². The first-order valence-corrected chi connectivity index (χ1v) is 9.35. The van der Waals surface area contributed by atoms with Crippen LogP contribution in [0.2, 0.25) is 0 Å². The number of carbonyl (C=O) groups excluding carboxylic acids is 1. The topological polar surface area (TPSA) is 75.4 Å². The van der Waals surface area contributed by atoms with E-state index in [9.17, 15) is 4.79 Å². The van der Waals surface area contributed by atoms with E-state index >= 15 is 0 Å². The van der Waals surface area contributed by atoms with Crippen LogP contribution in [0.1, 0.15) is 48.1 Å². The molecule has 2 saturated heterocycles. The lowest BCUT2D eigenvalue weighted by molar-refractivity contribution is 0.0683. The number of amides is 1. The summed E-state index contributed by atoms with van der Waals surface area (Å²) in [6.45, 7) is 6.48. The Bertz CT molecular complexity index is 859. The van der Waals surface area contributed by atoms with Crippen molar-refractivity contribution in [3.05, 3.63) is 35.5 Å². The zero-order valence-electron chi connectivity index (χ0n) is 15.2. The van der Waals surface area contributed by atoms with Crippen LogP contribution in [0, 0.1) is 12.8 Å². The van der Waals surface area contributed by atoms with Crippen molar-refractivity contribution < 1.29 is 9.32 Å². The third-order valence-corrected chi connectivity index (χ3v) is 6.06. The van der Waals surface area contributed by atoms with Gasteiger partial charge in [0.15, 0.2) is 5.69 Å². The number of aryl methyl sites for hydroxylation is 1. The van der Waals surface area contributed by atoms with Crippen molar-refractivity contribution in [2.24, 2.45) is 5.92 Å². The van der Waals surface area contributed by atoms with Crippen molar-refractivity contribution >= 4 is 11.9 Å². The molecular weight excluding hydrogens is 330 g/mol. The summed E-state index contributed by atoms with van der Waals surface area (Å²) in [4.78, 5) is 26.1. The van der Waals surface area contributed by atoms with E-state index in [1.807, 2.05) is 24.0 Å². The van der Waals surface area contributed by atoms with E-state index in [1.54, 1.807) is 6.20 Å². The normalized spacial score (nSPS) is 26.2. The third-order valence-electron chi connectivity index (χ3n) is 6.06. The highest BCUT2D eigenvalue weighted by Crippen LogP contribution is 2.47. The first kappa shape index (κ1) is 15.8. The minimum atomic E-state index is -0.0223. The lowest BCUT2D eigenvalue weighted by Gasteiger charge is -2.32. The number of piperidine rings is 1. The summed E-state index contributed by atoms with van der Waals surface area (Å²) in [6, 6.07) is 4.02. The number of hydrogen-bond donors (Lipinski definition) is 0. The van der Waals surface area contributed by atoms with E-state index in [1.165, 1.54) is 0 Å². The molecule has 4 heterocycles. The lowest BCUT2D eigenvalue weighted by Crippen LogP contribution is -2.45. The van der Waals surface area contributed by atoms with Crippen molar-refractivity contribution in [3.8, 4) is 0 Å². The monoisotopic (exact) mass is 353 g/mol. The van der Waals surface area contributed by atoms with E-state index in [-0.39, 0.29) is 17.4 Å². The summed E-state index contributed by atoms with van der Waals surface area (Å²) in [5.41, 5.74) is 1.49. The minimum Gasteiger partial charge on any atom is -0.360 e. The maximum atomic E-state index is 12.9.